The van der Waals surface area contributed by atoms with Gasteiger partial charge in [-0.05, 0) is 41.5 Å². The maximum absolute atomic E-state index is 12.2. The third-order valence-electron chi connectivity index (χ3n) is 4.81. The Morgan fingerprint density at radius 1 is 1.29 bits per heavy atom. The van der Waals surface area contributed by atoms with Crippen LogP contribution >= 0.6 is 0 Å². The molecule has 0 saturated carbocycles. The Hall–Kier alpha value is -1.53. The monoisotopic (exact) mass is 338 g/mol. The van der Waals surface area contributed by atoms with Crippen LogP contribution in [0.5, 0.6) is 5.75 Å². The van der Waals surface area contributed by atoms with Crippen LogP contribution in [0.1, 0.15) is 51.9 Å². The number of rotatable bonds is 4. The lowest BCUT2D eigenvalue weighted by Gasteiger charge is -2.54. The quantitative estimate of drug-likeness (QED) is 0.848. The molecule has 1 fully saturated rings. The molecule has 1 aromatic heterocycles. The van der Waals surface area contributed by atoms with Crippen molar-refractivity contribution >= 4 is 6.16 Å². The van der Waals surface area contributed by atoms with Gasteiger partial charge < -0.3 is 19.6 Å². The third kappa shape index (κ3) is 3.92. The van der Waals surface area contributed by atoms with Crippen LogP contribution in [0.25, 0.3) is 0 Å². The summed E-state index contributed by atoms with van der Waals surface area (Å²) in [6, 6.07) is 0. The van der Waals surface area contributed by atoms with E-state index in [4.69, 9.17) is 19.6 Å². The van der Waals surface area contributed by atoms with Crippen LogP contribution in [0.2, 0.25) is 0 Å². The van der Waals surface area contributed by atoms with E-state index in [0.717, 1.165) is 24.9 Å². The summed E-state index contributed by atoms with van der Waals surface area (Å²) in [5.74, 6) is 1.02. The highest BCUT2D eigenvalue weighted by atomic mass is 16.7. The topological polar surface area (TPSA) is 77.9 Å². The van der Waals surface area contributed by atoms with E-state index in [9.17, 15) is 4.79 Å². The fourth-order valence-electron chi connectivity index (χ4n) is 4.00. The van der Waals surface area contributed by atoms with E-state index < -0.39 is 6.16 Å². The molecule has 1 aliphatic rings. The molecule has 0 spiro atoms. The first-order valence-corrected chi connectivity index (χ1v) is 8.48. The number of carbonyl (C=O) groups is 1. The van der Waals surface area contributed by atoms with Gasteiger partial charge in [-0.1, -0.05) is 0 Å². The number of carbonyl (C=O) groups excluding carboxylic acids is 1. The summed E-state index contributed by atoms with van der Waals surface area (Å²) in [5, 5.41) is 0. The van der Waals surface area contributed by atoms with Crippen molar-refractivity contribution in [1.29, 1.82) is 0 Å². The highest BCUT2D eigenvalue weighted by molar-refractivity contribution is 5.65. The number of hydrogen-bond acceptors (Lipinski definition) is 6. The molecule has 1 aromatic rings. The van der Waals surface area contributed by atoms with Gasteiger partial charge in [0.05, 0.1) is 6.26 Å². The molecule has 24 heavy (non-hydrogen) atoms. The van der Waals surface area contributed by atoms with Crippen molar-refractivity contribution in [2.75, 3.05) is 13.1 Å². The largest absolute Gasteiger partial charge is 0.514 e. The molecule has 0 amide bonds. The van der Waals surface area contributed by atoms with Gasteiger partial charge in [-0.25, -0.2) is 4.79 Å². The zero-order valence-electron chi connectivity index (χ0n) is 15.6. The molecule has 6 heteroatoms. The Balaban J connectivity index is 2.04. The molecule has 6 nitrogen and oxygen atoms in total. The van der Waals surface area contributed by atoms with Gasteiger partial charge in [-0.15, -0.1) is 0 Å². The van der Waals surface area contributed by atoms with Gasteiger partial charge in [0.1, 0.15) is 11.9 Å². The number of aryl methyl sites for hydroxylation is 2. The molecule has 1 aliphatic heterocycles. The zero-order valence-corrected chi connectivity index (χ0v) is 15.6. The number of nitrogens with zero attached hydrogens (tertiary/aromatic N) is 1. The second-order valence-electron chi connectivity index (χ2n) is 7.87. The highest BCUT2D eigenvalue weighted by Gasteiger charge is 2.46. The molecule has 0 atom stereocenters. The van der Waals surface area contributed by atoms with Crippen LogP contribution in [0, 0.1) is 13.8 Å². The Morgan fingerprint density at radius 3 is 2.33 bits per heavy atom. The summed E-state index contributed by atoms with van der Waals surface area (Å²) in [4.78, 5) is 14.6. The fraction of sp³-hybridized carbons (Fsp3) is 0.722. The van der Waals surface area contributed by atoms with Crippen molar-refractivity contribution in [2.24, 2.45) is 5.73 Å². The van der Waals surface area contributed by atoms with Crippen LogP contribution in [0.15, 0.2) is 10.7 Å². The van der Waals surface area contributed by atoms with E-state index in [-0.39, 0.29) is 17.2 Å². The van der Waals surface area contributed by atoms with Gasteiger partial charge in [-0.2, -0.15) is 0 Å². The second-order valence-corrected chi connectivity index (χ2v) is 7.87. The molecule has 1 saturated heterocycles. The zero-order chi connectivity index (χ0) is 18.1. The lowest BCUT2D eigenvalue weighted by atomic mass is 9.78. The molecule has 2 rings (SSSR count). The predicted molar refractivity (Wildman–Crippen MR) is 92.2 cm³/mol. The van der Waals surface area contributed by atoms with Gasteiger partial charge in [0.15, 0.2) is 5.75 Å². The van der Waals surface area contributed by atoms with Crippen molar-refractivity contribution in [3.63, 3.8) is 0 Å². The lowest BCUT2D eigenvalue weighted by molar-refractivity contribution is -0.0872. The highest BCUT2D eigenvalue weighted by Crippen LogP contribution is 2.39. The molecule has 0 unspecified atom stereocenters. The molecule has 0 radical (unpaired) electrons. The first kappa shape index (κ1) is 18.8. The average molecular weight is 338 g/mol. The van der Waals surface area contributed by atoms with Crippen molar-refractivity contribution < 1.29 is 18.7 Å². The minimum atomic E-state index is -0.675. The molecular formula is C18H30N2O4. The van der Waals surface area contributed by atoms with Crippen molar-refractivity contribution in [1.82, 2.24) is 4.90 Å². The predicted octanol–water partition coefficient (Wildman–Crippen LogP) is 3.39. The van der Waals surface area contributed by atoms with Crippen LogP contribution < -0.4 is 10.5 Å². The molecule has 136 valence electrons. The van der Waals surface area contributed by atoms with Gasteiger partial charge in [0.25, 0.3) is 0 Å². The number of piperidine rings is 1. The fourth-order valence-corrected chi connectivity index (χ4v) is 4.00. The second kappa shape index (κ2) is 6.76. The van der Waals surface area contributed by atoms with Gasteiger partial charge in [-0.3, -0.25) is 4.90 Å². The third-order valence-corrected chi connectivity index (χ3v) is 4.81. The maximum atomic E-state index is 12.2. The Morgan fingerprint density at radius 2 is 1.88 bits per heavy atom. The van der Waals surface area contributed by atoms with E-state index in [0.29, 0.717) is 18.1 Å². The lowest BCUT2D eigenvalue weighted by Crippen LogP contribution is -2.63. The Kier molecular flexibility index (Phi) is 5.30. The number of ether oxygens (including phenoxy) is 2. The molecular weight excluding hydrogens is 308 g/mol. The minimum Gasteiger partial charge on any atom is -0.465 e. The number of likely N-dealkylation sites (tertiary alicyclic amines) is 1. The summed E-state index contributed by atoms with van der Waals surface area (Å²) in [7, 11) is 0. The first-order chi connectivity index (χ1) is 11.1. The number of furan rings is 1. The number of nitrogens with two attached hydrogens (primary N) is 1. The van der Waals surface area contributed by atoms with Gasteiger partial charge >= 0.3 is 6.16 Å². The van der Waals surface area contributed by atoms with E-state index in [1.807, 2.05) is 6.92 Å². The molecule has 2 heterocycles. The maximum Gasteiger partial charge on any atom is 0.514 e. The minimum absolute atomic E-state index is 0.104. The number of hydrogen-bond donors (Lipinski definition) is 1. The summed E-state index contributed by atoms with van der Waals surface area (Å²) in [6.45, 7) is 13.7. The van der Waals surface area contributed by atoms with E-state index in [1.165, 1.54) is 0 Å². The summed E-state index contributed by atoms with van der Waals surface area (Å²) < 4.78 is 16.2. The first-order valence-electron chi connectivity index (χ1n) is 8.48. The van der Waals surface area contributed by atoms with Crippen LogP contribution in [0.3, 0.4) is 0 Å². The van der Waals surface area contributed by atoms with E-state index in [1.54, 1.807) is 13.2 Å². The molecule has 2 N–H and O–H groups in total. The summed E-state index contributed by atoms with van der Waals surface area (Å²) in [6.07, 6.45) is 2.19. The summed E-state index contributed by atoms with van der Waals surface area (Å²) >= 11 is 0. The van der Waals surface area contributed by atoms with Crippen molar-refractivity contribution in [2.45, 2.75) is 71.6 Å². The smallest absolute Gasteiger partial charge is 0.465 e. The standard InChI is InChI=1S/C18H30N2O4/c1-12-11-22-13(2)15(12)24-16(21)23-14-9-17(3,4)20(8-7-19)18(5,6)10-14/h11,14H,7-10,19H2,1-6H3. The average Bonchev–Trinajstić information content (AvgIpc) is 2.73. The van der Waals surface area contributed by atoms with Crippen LogP contribution in [-0.2, 0) is 4.74 Å². The normalized spacial score (nSPS) is 20.8. The van der Waals surface area contributed by atoms with Crippen LogP contribution in [0.4, 0.5) is 4.79 Å². The molecule has 0 aliphatic carbocycles. The van der Waals surface area contributed by atoms with Crippen molar-refractivity contribution in [3.8, 4) is 5.75 Å². The van der Waals surface area contributed by atoms with E-state index >= 15 is 0 Å². The summed E-state index contributed by atoms with van der Waals surface area (Å²) in [5.41, 5.74) is 6.34. The van der Waals surface area contributed by atoms with E-state index in [2.05, 4.69) is 32.6 Å². The Labute approximate surface area is 144 Å². The van der Waals surface area contributed by atoms with Gasteiger partial charge in [0, 0.05) is 42.6 Å². The van der Waals surface area contributed by atoms with Crippen molar-refractivity contribution in [3.05, 3.63) is 17.6 Å². The molecule has 0 bridgehead atoms. The Bertz CT molecular complexity index is 554. The van der Waals surface area contributed by atoms with Crippen LogP contribution in [-0.4, -0.2) is 41.3 Å². The molecule has 0 aromatic carbocycles. The SMILES string of the molecule is Cc1coc(C)c1OC(=O)OC1CC(C)(C)N(CCN)C(C)(C)C1. The van der Waals surface area contributed by atoms with Gasteiger partial charge in [0.2, 0.25) is 0 Å².